The van der Waals surface area contributed by atoms with Crippen molar-refractivity contribution in [2.24, 2.45) is 0 Å². The van der Waals surface area contributed by atoms with E-state index in [1.807, 2.05) is 31.2 Å². The molecule has 1 fully saturated rings. The van der Waals surface area contributed by atoms with E-state index in [2.05, 4.69) is 54.9 Å². The zero-order chi connectivity index (χ0) is 20.6. The lowest BCUT2D eigenvalue weighted by atomic mass is 9.98. The third-order valence-corrected chi connectivity index (χ3v) is 5.85. The van der Waals surface area contributed by atoms with E-state index >= 15 is 0 Å². The Morgan fingerprint density at radius 1 is 1.03 bits per heavy atom. The van der Waals surface area contributed by atoms with Crippen molar-refractivity contribution in [2.45, 2.75) is 25.9 Å². The summed E-state index contributed by atoms with van der Waals surface area (Å²) in [6, 6.07) is 19.3. The lowest BCUT2D eigenvalue weighted by molar-refractivity contribution is -1.02. The highest BCUT2D eigenvalue weighted by Crippen LogP contribution is 2.17. The van der Waals surface area contributed by atoms with Gasteiger partial charge in [-0.3, -0.25) is 0 Å². The van der Waals surface area contributed by atoms with Gasteiger partial charge < -0.3 is 25.2 Å². The number of nitrogens with one attached hydrogen (secondary N) is 4. The maximum atomic E-state index is 5.62. The van der Waals surface area contributed by atoms with Gasteiger partial charge in [0.15, 0.2) is 5.11 Å². The van der Waals surface area contributed by atoms with E-state index in [0.29, 0.717) is 17.8 Å². The zero-order valence-corrected chi connectivity index (χ0v) is 18.5. The summed E-state index contributed by atoms with van der Waals surface area (Å²) >= 11 is 5.62. The zero-order valence-electron chi connectivity index (χ0n) is 17.7. The molecule has 0 aromatic heterocycles. The normalized spacial score (nSPS) is 21.1. The molecule has 1 aliphatic rings. The number of ether oxygens (including phenoxy) is 1. The molecule has 0 amide bonds. The molecule has 0 aliphatic carbocycles. The molecule has 29 heavy (non-hydrogen) atoms. The second-order valence-corrected chi connectivity index (χ2v) is 8.26. The number of quaternary nitrogens is 2. The topological polar surface area (TPSA) is 42.2 Å². The largest absolute Gasteiger partial charge is 0.494 e. The third kappa shape index (κ3) is 6.16. The quantitative estimate of drug-likeness (QED) is 0.509. The minimum absolute atomic E-state index is 0.216. The number of piperazine rings is 1. The van der Waals surface area contributed by atoms with E-state index < -0.39 is 0 Å². The van der Waals surface area contributed by atoms with Crippen LogP contribution in [-0.2, 0) is 0 Å². The molecule has 2 atom stereocenters. The predicted octanol–water partition coefficient (Wildman–Crippen LogP) is 0.915. The highest BCUT2D eigenvalue weighted by atomic mass is 32.1. The number of rotatable bonds is 7. The third-order valence-electron chi connectivity index (χ3n) is 5.63. The predicted molar refractivity (Wildman–Crippen MR) is 123 cm³/mol. The number of anilines is 1. The molecule has 156 valence electrons. The molecule has 0 spiro atoms. The molecular weight excluding hydrogens is 380 g/mol. The maximum Gasteiger partial charge on any atom is 0.171 e. The summed E-state index contributed by atoms with van der Waals surface area (Å²) in [6.07, 6.45) is 0. The minimum Gasteiger partial charge on any atom is -0.494 e. The van der Waals surface area contributed by atoms with Gasteiger partial charge in [0, 0.05) is 11.3 Å². The Hall–Kier alpha value is -2.15. The Morgan fingerprint density at radius 3 is 2.31 bits per heavy atom. The average Bonchev–Trinajstić information content (AvgIpc) is 2.72. The van der Waals surface area contributed by atoms with Crippen molar-refractivity contribution in [1.82, 2.24) is 5.32 Å². The van der Waals surface area contributed by atoms with E-state index in [4.69, 9.17) is 17.0 Å². The second kappa shape index (κ2) is 10.6. The maximum absolute atomic E-state index is 5.62. The van der Waals surface area contributed by atoms with Gasteiger partial charge in [0.1, 0.15) is 38.0 Å². The molecule has 4 N–H and O–H groups in total. The lowest BCUT2D eigenvalue weighted by Gasteiger charge is -2.37. The molecule has 6 heteroatoms. The summed E-state index contributed by atoms with van der Waals surface area (Å²) in [5.74, 6) is 0.871. The van der Waals surface area contributed by atoms with Crippen molar-refractivity contribution >= 4 is 23.0 Å². The molecule has 0 radical (unpaired) electrons. The molecule has 0 unspecified atom stereocenters. The van der Waals surface area contributed by atoms with Crippen LogP contribution in [0.3, 0.4) is 0 Å². The van der Waals surface area contributed by atoms with Gasteiger partial charge in [-0.15, -0.1) is 0 Å². The summed E-state index contributed by atoms with van der Waals surface area (Å²) in [6.45, 7) is 9.66. The Balaban J connectivity index is 1.65. The van der Waals surface area contributed by atoms with Crippen molar-refractivity contribution in [3.63, 3.8) is 0 Å². The van der Waals surface area contributed by atoms with Crippen LogP contribution in [0.4, 0.5) is 5.69 Å². The molecule has 3 rings (SSSR count). The summed E-state index contributed by atoms with van der Waals surface area (Å²) in [4.78, 5) is 3.25. The van der Waals surface area contributed by atoms with Gasteiger partial charge in [0.05, 0.1) is 19.7 Å². The summed E-state index contributed by atoms with van der Waals surface area (Å²) in [7, 11) is 2.28. The summed E-state index contributed by atoms with van der Waals surface area (Å²) in [5.41, 5.74) is 2.33. The van der Waals surface area contributed by atoms with Crippen LogP contribution in [0.15, 0.2) is 54.6 Å². The molecule has 1 heterocycles. The second-order valence-electron chi connectivity index (χ2n) is 7.85. The lowest BCUT2D eigenvalue weighted by Crippen LogP contribution is -3.27. The van der Waals surface area contributed by atoms with Crippen LogP contribution in [0.5, 0.6) is 5.75 Å². The molecule has 1 aliphatic heterocycles. The number of likely N-dealkylation sites (N-methyl/N-ethyl adjacent to an activating group) is 1. The molecule has 2 aromatic rings. The number of hydrogen-bond acceptors (Lipinski definition) is 2. The molecule has 5 nitrogen and oxygen atoms in total. The van der Waals surface area contributed by atoms with E-state index in [0.717, 1.165) is 11.4 Å². The average molecular weight is 415 g/mol. The Labute approximate surface area is 180 Å². The summed E-state index contributed by atoms with van der Waals surface area (Å²) < 4.78 is 5.50. The van der Waals surface area contributed by atoms with Crippen LogP contribution in [0.25, 0.3) is 0 Å². The fraction of sp³-hybridized carbons (Fsp3) is 0.435. The van der Waals surface area contributed by atoms with Gasteiger partial charge in [-0.1, -0.05) is 30.3 Å². The molecule has 1 saturated heterocycles. The minimum atomic E-state index is 0.216. The first-order valence-corrected chi connectivity index (χ1v) is 11.0. The van der Waals surface area contributed by atoms with Crippen molar-refractivity contribution < 1.29 is 14.5 Å². The van der Waals surface area contributed by atoms with Crippen LogP contribution in [0, 0.1) is 0 Å². The van der Waals surface area contributed by atoms with Gasteiger partial charge in [0.2, 0.25) is 0 Å². The molecule has 2 aromatic carbocycles. The van der Waals surface area contributed by atoms with Crippen molar-refractivity contribution in [1.29, 1.82) is 0 Å². The first kappa shape index (κ1) is 21.6. The first-order valence-electron chi connectivity index (χ1n) is 10.6. The van der Waals surface area contributed by atoms with Gasteiger partial charge in [-0.05, 0) is 50.3 Å². The van der Waals surface area contributed by atoms with E-state index in [1.165, 1.54) is 31.7 Å². The van der Waals surface area contributed by atoms with E-state index in [-0.39, 0.29) is 6.04 Å². The van der Waals surface area contributed by atoms with Gasteiger partial charge >= 0.3 is 0 Å². The van der Waals surface area contributed by atoms with Crippen molar-refractivity contribution in [3.8, 4) is 5.75 Å². The number of hydrogen-bond donors (Lipinski definition) is 4. The summed E-state index contributed by atoms with van der Waals surface area (Å²) in [5, 5.41) is 7.50. The van der Waals surface area contributed by atoms with Crippen molar-refractivity contribution in [3.05, 3.63) is 60.2 Å². The van der Waals surface area contributed by atoms with Gasteiger partial charge in [-0.2, -0.15) is 0 Å². The van der Waals surface area contributed by atoms with E-state index in [1.54, 1.807) is 9.80 Å². The van der Waals surface area contributed by atoms with Crippen LogP contribution >= 0.6 is 12.2 Å². The standard InChI is InChI=1S/C23H32N4OS/c1-4-28-21-12-10-20(11-13-21)25-23(29)24-18(2)22(19-8-6-5-7-9-19)27-16-14-26(3)15-17-27/h5-13,18,22H,4,14-17H2,1-3H3,(H2,24,25,29)/p+2/t18-,22+/m0/s1. The van der Waals surface area contributed by atoms with Gasteiger partial charge in [0.25, 0.3) is 0 Å². The number of benzene rings is 2. The van der Waals surface area contributed by atoms with Crippen LogP contribution in [0.1, 0.15) is 25.5 Å². The molecule has 0 saturated carbocycles. The fourth-order valence-corrected chi connectivity index (χ4v) is 4.41. The highest BCUT2D eigenvalue weighted by molar-refractivity contribution is 7.80. The van der Waals surface area contributed by atoms with Gasteiger partial charge in [-0.25, -0.2) is 0 Å². The van der Waals surface area contributed by atoms with Crippen LogP contribution in [-0.4, -0.2) is 51.0 Å². The van der Waals surface area contributed by atoms with Crippen molar-refractivity contribution in [2.75, 3.05) is 45.2 Å². The van der Waals surface area contributed by atoms with E-state index in [9.17, 15) is 0 Å². The highest BCUT2D eigenvalue weighted by Gasteiger charge is 2.33. The Morgan fingerprint density at radius 2 is 1.69 bits per heavy atom. The SMILES string of the molecule is CCOc1ccc(NC(=S)N[C@@H](C)[C@H](c2ccccc2)[NH+]2CC[NH+](C)CC2)cc1. The smallest absolute Gasteiger partial charge is 0.171 e. The fourth-order valence-electron chi connectivity index (χ4n) is 4.11. The monoisotopic (exact) mass is 414 g/mol. The molecule has 0 bridgehead atoms. The van der Waals surface area contributed by atoms with Crippen LogP contribution in [0.2, 0.25) is 0 Å². The Kier molecular flexibility index (Phi) is 7.86. The Bertz CT molecular complexity index is 760. The van der Waals surface area contributed by atoms with Crippen LogP contribution < -0.4 is 25.2 Å². The first-order chi connectivity index (χ1) is 14.1. The molecular formula is C23H34N4OS+2. The number of thiocarbonyl (C=S) groups is 1.